The molecule has 0 aliphatic carbocycles. The lowest BCUT2D eigenvalue weighted by Gasteiger charge is -2.18. The van der Waals surface area contributed by atoms with Gasteiger partial charge in [-0.3, -0.25) is 9.69 Å². The monoisotopic (exact) mass is 301 g/mol. The van der Waals surface area contributed by atoms with Gasteiger partial charge in [0.2, 0.25) is 11.8 Å². The number of unbranched alkanes of at least 4 members (excludes halogenated alkanes) is 1. The van der Waals surface area contributed by atoms with Gasteiger partial charge in [-0.15, -0.1) is 0 Å². The van der Waals surface area contributed by atoms with Gasteiger partial charge < -0.3 is 10.2 Å². The number of amides is 1. The van der Waals surface area contributed by atoms with E-state index < -0.39 is 0 Å². The number of benzene rings is 1. The Bertz CT molecular complexity index is 605. The lowest BCUT2D eigenvalue weighted by atomic mass is 10.1. The standard InChI is InChI=1S/C17H23N3O2/c1-3-4-9-20(11-16(18)21)10-15-12-22-17(19-15)14-7-5-13(2)6-8-14/h5-8,12H,3-4,9-11H2,1-2H3,(H2,18,21). The minimum absolute atomic E-state index is 0.243. The minimum Gasteiger partial charge on any atom is -0.444 e. The van der Waals surface area contributed by atoms with Gasteiger partial charge in [-0.05, 0) is 32.0 Å². The van der Waals surface area contributed by atoms with Gasteiger partial charge in [-0.1, -0.05) is 31.0 Å². The van der Waals surface area contributed by atoms with Crippen LogP contribution in [0.15, 0.2) is 34.9 Å². The maximum Gasteiger partial charge on any atom is 0.231 e. The average molecular weight is 301 g/mol. The predicted molar refractivity (Wildman–Crippen MR) is 86.1 cm³/mol. The van der Waals surface area contributed by atoms with Crippen LogP contribution in [0.3, 0.4) is 0 Å². The van der Waals surface area contributed by atoms with E-state index in [-0.39, 0.29) is 12.5 Å². The molecule has 1 aromatic carbocycles. The van der Waals surface area contributed by atoms with Crippen molar-refractivity contribution < 1.29 is 9.21 Å². The third kappa shape index (κ3) is 4.70. The molecule has 0 atom stereocenters. The molecule has 0 bridgehead atoms. The number of nitrogens with zero attached hydrogens (tertiary/aromatic N) is 2. The first-order chi connectivity index (χ1) is 10.6. The topological polar surface area (TPSA) is 72.4 Å². The summed E-state index contributed by atoms with van der Waals surface area (Å²) in [4.78, 5) is 17.7. The fraction of sp³-hybridized carbons (Fsp3) is 0.412. The molecule has 1 aromatic heterocycles. The number of oxazole rings is 1. The smallest absolute Gasteiger partial charge is 0.231 e. The Kier molecular flexibility index (Phi) is 5.72. The maximum atomic E-state index is 11.2. The van der Waals surface area contributed by atoms with Gasteiger partial charge >= 0.3 is 0 Å². The molecule has 5 heteroatoms. The summed E-state index contributed by atoms with van der Waals surface area (Å²) in [6, 6.07) is 8.03. The zero-order valence-electron chi connectivity index (χ0n) is 13.2. The third-order valence-electron chi connectivity index (χ3n) is 3.44. The Morgan fingerprint density at radius 3 is 2.68 bits per heavy atom. The number of aromatic nitrogens is 1. The van der Waals surface area contributed by atoms with Gasteiger partial charge in [0.15, 0.2) is 0 Å². The van der Waals surface area contributed by atoms with Gasteiger partial charge in [0.25, 0.3) is 0 Å². The van der Waals surface area contributed by atoms with Crippen LogP contribution in [0.1, 0.15) is 31.0 Å². The summed E-state index contributed by atoms with van der Waals surface area (Å²) in [5.41, 5.74) is 8.27. The van der Waals surface area contributed by atoms with Crippen LogP contribution in [-0.2, 0) is 11.3 Å². The fourth-order valence-electron chi connectivity index (χ4n) is 2.25. The molecular formula is C17H23N3O2. The van der Waals surface area contributed by atoms with Gasteiger partial charge in [-0.25, -0.2) is 4.98 Å². The Morgan fingerprint density at radius 2 is 2.05 bits per heavy atom. The average Bonchev–Trinajstić information content (AvgIpc) is 2.93. The second-order valence-corrected chi connectivity index (χ2v) is 5.54. The van der Waals surface area contributed by atoms with Gasteiger partial charge in [0.1, 0.15) is 6.26 Å². The highest BCUT2D eigenvalue weighted by Gasteiger charge is 2.12. The summed E-state index contributed by atoms with van der Waals surface area (Å²) in [7, 11) is 0. The van der Waals surface area contributed by atoms with Crippen molar-refractivity contribution in [1.82, 2.24) is 9.88 Å². The summed E-state index contributed by atoms with van der Waals surface area (Å²) in [5, 5.41) is 0. The zero-order valence-corrected chi connectivity index (χ0v) is 13.2. The van der Waals surface area contributed by atoms with Crippen LogP contribution < -0.4 is 5.73 Å². The number of nitrogens with two attached hydrogens (primary N) is 1. The largest absolute Gasteiger partial charge is 0.444 e. The zero-order chi connectivity index (χ0) is 15.9. The van der Waals surface area contributed by atoms with Crippen molar-refractivity contribution in [2.24, 2.45) is 5.73 Å². The predicted octanol–water partition coefficient (Wildman–Crippen LogP) is 2.74. The molecule has 2 rings (SSSR count). The van der Waals surface area contributed by atoms with Crippen LogP contribution in [0.5, 0.6) is 0 Å². The summed E-state index contributed by atoms with van der Waals surface area (Å²) in [6.45, 7) is 5.80. The first kappa shape index (κ1) is 16.2. The van der Waals surface area contributed by atoms with Crippen LogP contribution in [0, 0.1) is 6.92 Å². The molecular weight excluding hydrogens is 278 g/mol. The molecule has 118 valence electrons. The van der Waals surface area contributed by atoms with Crippen LogP contribution in [0.4, 0.5) is 0 Å². The quantitative estimate of drug-likeness (QED) is 0.813. The number of hydrogen-bond donors (Lipinski definition) is 1. The number of carbonyl (C=O) groups excluding carboxylic acids is 1. The van der Waals surface area contributed by atoms with Crippen LogP contribution in [0.2, 0.25) is 0 Å². The van der Waals surface area contributed by atoms with Crippen molar-refractivity contribution in [2.45, 2.75) is 33.2 Å². The van der Waals surface area contributed by atoms with Crippen molar-refractivity contribution in [1.29, 1.82) is 0 Å². The molecule has 0 saturated heterocycles. The lowest BCUT2D eigenvalue weighted by Crippen LogP contribution is -2.34. The van der Waals surface area contributed by atoms with Crippen molar-refractivity contribution in [2.75, 3.05) is 13.1 Å². The normalized spacial score (nSPS) is 11.0. The molecule has 0 radical (unpaired) electrons. The fourth-order valence-corrected chi connectivity index (χ4v) is 2.25. The molecule has 1 amide bonds. The Labute approximate surface area is 131 Å². The number of carbonyl (C=O) groups is 1. The molecule has 0 aliphatic rings. The van der Waals surface area contributed by atoms with E-state index >= 15 is 0 Å². The van der Waals surface area contributed by atoms with Gasteiger partial charge in [0, 0.05) is 12.1 Å². The minimum atomic E-state index is -0.321. The first-order valence-corrected chi connectivity index (χ1v) is 7.60. The molecule has 5 nitrogen and oxygen atoms in total. The van der Waals surface area contributed by atoms with Crippen LogP contribution in [0.25, 0.3) is 11.5 Å². The number of hydrogen-bond acceptors (Lipinski definition) is 4. The van der Waals surface area contributed by atoms with E-state index in [1.54, 1.807) is 6.26 Å². The van der Waals surface area contributed by atoms with Crippen molar-refractivity contribution >= 4 is 5.91 Å². The van der Waals surface area contributed by atoms with Crippen molar-refractivity contribution in [3.8, 4) is 11.5 Å². The van der Waals surface area contributed by atoms with E-state index in [1.165, 1.54) is 5.56 Å². The van der Waals surface area contributed by atoms with E-state index in [4.69, 9.17) is 10.2 Å². The highest BCUT2D eigenvalue weighted by Crippen LogP contribution is 2.19. The molecule has 2 N–H and O–H groups in total. The summed E-state index contributed by atoms with van der Waals surface area (Å²) >= 11 is 0. The highest BCUT2D eigenvalue weighted by molar-refractivity contribution is 5.75. The van der Waals surface area contributed by atoms with E-state index in [0.717, 1.165) is 30.6 Å². The maximum absolute atomic E-state index is 11.2. The Morgan fingerprint density at radius 1 is 1.32 bits per heavy atom. The summed E-state index contributed by atoms with van der Waals surface area (Å²) < 4.78 is 5.55. The van der Waals surface area contributed by atoms with E-state index in [1.807, 2.05) is 36.1 Å². The SMILES string of the molecule is CCCCN(CC(N)=O)Cc1coc(-c2ccc(C)cc2)n1. The molecule has 0 spiro atoms. The van der Waals surface area contributed by atoms with Crippen molar-refractivity contribution in [3.05, 3.63) is 41.8 Å². The van der Waals surface area contributed by atoms with Crippen LogP contribution >= 0.6 is 0 Å². The van der Waals surface area contributed by atoms with Gasteiger partial charge in [0.05, 0.1) is 12.2 Å². The second-order valence-electron chi connectivity index (χ2n) is 5.54. The third-order valence-corrected chi connectivity index (χ3v) is 3.44. The van der Waals surface area contributed by atoms with E-state index in [9.17, 15) is 4.79 Å². The number of rotatable bonds is 8. The highest BCUT2D eigenvalue weighted by atomic mass is 16.3. The van der Waals surface area contributed by atoms with Crippen molar-refractivity contribution in [3.63, 3.8) is 0 Å². The summed E-state index contributed by atoms with van der Waals surface area (Å²) in [5.74, 6) is 0.280. The summed E-state index contributed by atoms with van der Waals surface area (Å²) in [6.07, 6.45) is 3.74. The Hall–Kier alpha value is -2.14. The number of primary amides is 1. The van der Waals surface area contributed by atoms with Crippen LogP contribution in [-0.4, -0.2) is 28.9 Å². The second kappa shape index (κ2) is 7.75. The molecule has 0 unspecified atom stereocenters. The first-order valence-electron chi connectivity index (χ1n) is 7.60. The number of aryl methyl sites for hydroxylation is 1. The Balaban J connectivity index is 2.05. The molecule has 0 fully saturated rings. The van der Waals surface area contributed by atoms with E-state index in [0.29, 0.717) is 12.4 Å². The molecule has 22 heavy (non-hydrogen) atoms. The molecule has 0 saturated carbocycles. The molecule has 0 aliphatic heterocycles. The van der Waals surface area contributed by atoms with E-state index in [2.05, 4.69) is 11.9 Å². The van der Waals surface area contributed by atoms with Gasteiger partial charge in [-0.2, -0.15) is 0 Å². The molecule has 1 heterocycles. The molecule has 2 aromatic rings. The lowest BCUT2D eigenvalue weighted by molar-refractivity contribution is -0.119.